The van der Waals surface area contributed by atoms with E-state index in [1.807, 2.05) is 30.3 Å². The molecule has 0 saturated heterocycles. The molecule has 0 fully saturated rings. The van der Waals surface area contributed by atoms with Crippen LogP contribution in [0.1, 0.15) is 16.1 Å². The Kier molecular flexibility index (Phi) is 4.34. The SMILES string of the molecule is O=C(/C=C/c1ccc(Br)cc1)c1c([O-])on[n+]1-c1ccccc1. The molecule has 0 N–H and O–H groups in total. The van der Waals surface area contributed by atoms with Gasteiger partial charge in [-0.05, 0) is 28.5 Å². The third kappa shape index (κ3) is 3.37. The van der Waals surface area contributed by atoms with E-state index in [1.165, 1.54) is 10.8 Å². The molecule has 0 unspecified atom stereocenters. The average molecular weight is 371 g/mol. The summed E-state index contributed by atoms with van der Waals surface area (Å²) in [4.78, 5) is 12.3. The van der Waals surface area contributed by atoms with Gasteiger partial charge in [-0.2, -0.15) is 0 Å². The largest absolute Gasteiger partial charge is 0.539 e. The van der Waals surface area contributed by atoms with Crippen molar-refractivity contribution in [3.05, 3.63) is 76.4 Å². The number of hydrogen-bond acceptors (Lipinski definition) is 4. The van der Waals surface area contributed by atoms with Gasteiger partial charge < -0.3 is 9.63 Å². The van der Waals surface area contributed by atoms with Gasteiger partial charge in [0.05, 0.1) is 5.27 Å². The molecule has 23 heavy (non-hydrogen) atoms. The zero-order chi connectivity index (χ0) is 16.2. The van der Waals surface area contributed by atoms with Crippen molar-refractivity contribution in [1.82, 2.24) is 5.27 Å². The molecular formula is C17H11BrN2O3. The van der Waals surface area contributed by atoms with Gasteiger partial charge in [0.1, 0.15) is 0 Å². The Labute approximate surface area is 140 Å². The summed E-state index contributed by atoms with van der Waals surface area (Å²) in [5.74, 6) is -1.23. The minimum atomic E-state index is -0.765. The average Bonchev–Trinajstić information content (AvgIpc) is 2.96. The van der Waals surface area contributed by atoms with Crippen molar-refractivity contribution >= 4 is 27.8 Å². The minimum Gasteiger partial charge on any atom is -0.539 e. The Morgan fingerprint density at radius 1 is 1.13 bits per heavy atom. The van der Waals surface area contributed by atoms with Gasteiger partial charge in [0, 0.05) is 16.6 Å². The summed E-state index contributed by atoms with van der Waals surface area (Å²) in [6.07, 6.45) is 2.97. The van der Waals surface area contributed by atoms with E-state index in [0.29, 0.717) is 5.69 Å². The van der Waals surface area contributed by atoms with E-state index in [-0.39, 0.29) is 5.69 Å². The number of benzene rings is 2. The number of para-hydroxylation sites is 1. The quantitative estimate of drug-likeness (QED) is 0.402. The summed E-state index contributed by atoms with van der Waals surface area (Å²) >= 11 is 3.35. The lowest BCUT2D eigenvalue weighted by atomic mass is 10.2. The van der Waals surface area contributed by atoms with Crippen LogP contribution in [0.5, 0.6) is 5.95 Å². The number of nitrogens with zero attached hydrogens (tertiary/aromatic N) is 2. The van der Waals surface area contributed by atoms with Crippen LogP contribution >= 0.6 is 15.9 Å². The number of hydrogen-bond donors (Lipinski definition) is 0. The van der Waals surface area contributed by atoms with Crippen molar-refractivity contribution in [2.45, 2.75) is 0 Å². The van der Waals surface area contributed by atoms with Crippen LogP contribution in [0.4, 0.5) is 0 Å². The molecule has 0 aliphatic carbocycles. The second-order valence-corrected chi connectivity index (χ2v) is 5.62. The zero-order valence-electron chi connectivity index (χ0n) is 11.8. The van der Waals surface area contributed by atoms with Gasteiger partial charge in [-0.15, -0.1) is 0 Å². The monoisotopic (exact) mass is 370 g/mol. The van der Waals surface area contributed by atoms with Crippen molar-refractivity contribution in [3.8, 4) is 11.6 Å². The maximum atomic E-state index is 12.3. The lowest BCUT2D eigenvalue weighted by Gasteiger charge is -1.95. The first-order chi connectivity index (χ1) is 11.1. The van der Waals surface area contributed by atoms with E-state index in [4.69, 9.17) is 0 Å². The fourth-order valence-corrected chi connectivity index (χ4v) is 2.29. The predicted octanol–water partition coefficient (Wildman–Crippen LogP) is 2.68. The molecule has 0 aliphatic rings. The molecule has 6 heteroatoms. The molecule has 3 rings (SSSR count). The van der Waals surface area contributed by atoms with E-state index < -0.39 is 11.7 Å². The maximum absolute atomic E-state index is 12.3. The van der Waals surface area contributed by atoms with Crippen LogP contribution in [0.3, 0.4) is 0 Å². The van der Waals surface area contributed by atoms with Gasteiger partial charge in [-0.3, -0.25) is 4.79 Å². The van der Waals surface area contributed by atoms with Gasteiger partial charge in [0.2, 0.25) is 5.69 Å². The summed E-state index contributed by atoms with van der Waals surface area (Å²) < 4.78 is 6.79. The lowest BCUT2D eigenvalue weighted by Crippen LogP contribution is -2.38. The minimum absolute atomic E-state index is 0.135. The number of carbonyl (C=O) groups is 1. The molecule has 2 aromatic carbocycles. The van der Waals surface area contributed by atoms with Crippen LogP contribution in [0.2, 0.25) is 0 Å². The van der Waals surface area contributed by atoms with E-state index in [2.05, 4.69) is 25.7 Å². The first-order valence-electron chi connectivity index (χ1n) is 6.77. The normalized spacial score (nSPS) is 11.0. The molecule has 0 amide bonds. The second-order valence-electron chi connectivity index (χ2n) is 4.71. The highest BCUT2D eigenvalue weighted by Crippen LogP contribution is 2.14. The molecule has 0 spiro atoms. The molecule has 0 radical (unpaired) electrons. The highest BCUT2D eigenvalue weighted by atomic mass is 79.9. The van der Waals surface area contributed by atoms with Crippen LogP contribution in [0, 0.1) is 0 Å². The van der Waals surface area contributed by atoms with E-state index in [1.54, 1.807) is 30.3 Å². The van der Waals surface area contributed by atoms with E-state index in [9.17, 15) is 9.90 Å². The number of ketones is 1. The molecule has 0 atom stereocenters. The molecule has 0 bridgehead atoms. The van der Waals surface area contributed by atoms with Crippen molar-refractivity contribution < 1.29 is 19.1 Å². The highest BCUT2D eigenvalue weighted by Gasteiger charge is 2.25. The Balaban J connectivity index is 1.91. The van der Waals surface area contributed by atoms with Gasteiger partial charge in [0.25, 0.3) is 5.78 Å². The topological polar surface area (TPSA) is 70.0 Å². The molecule has 1 aromatic heterocycles. The molecule has 1 heterocycles. The molecule has 114 valence electrons. The number of aromatic nitrogens is 2. The maximum Gasteiger partial charge on any atom is 0.310 e. The number of allylic oxidation sites excluding steroid dienone is 1. The Morgan fingerprint density at radius 3 is 2.52 bits per heavy atom. The lowest BCUT2D eigenvalue weighted by molar-refractivity contribution is -0.672. The summed E-state index contributed by atoms with van der Waals surface area (Å²) in [5, 5.41) is 15.4. The summed E-state index contributed by atoms with van der Waals surface area (Å²) in [7, 11) is 0. The smallest absolute Gasteiger partial charge is 0.310 e. The van der Waals surface area contributed by atoms with Crippen molar-refractivity contribution in [2.24, 2.45) is 0 Å². The van der Waals surface area contributed by atoms with Gasteiger partial charge >= 0.3 is 5.69 Å². The third-order valence-electron chi connectivity index (χ3n) is 3.14. The molecule has 0 aliphatic heterocycles. The number of halogens is 1. The van der Waals surface area contributed by atoms with Gasteiger partial charge in [0.15, 0.2) is 5.95 Å². The highest BCUT2D eigenvalue weighted by molar-refractivity contribution is 9.10. The van der Waals surface area contributed by atoms with Gasteiger partial charge in [-0.25, -0.2) is 0 Å². The van der Waals surface area contributed by atoms with Crippen LogP contribution in [-0.4, -0.2) is 11.1 Å². The third-order valence-corrected chi connectivity index (χ3v) is 3.67. The molecule has 5 nitrogen and oxygen atoms in total. The van der Waals surface area contributed by atoms with Crippen LogP contribution in [0.15, 0.2) is 69.7 Å². The number of carbonyl (C=O) groups excluding carboxylic acids is 1. The van der Waals surface area contributed by atoms with Gasteiger partial charge in [-0.1, -0.05) is 52.3 Å². The predicted molar refractivity (Wildman–Crippen MR) is 85.0 cm³/mol. The summed E-state index contributed by atoms with van der Waals surface area (Å²) in [5.41, 5.74) is 1.29. The first kappa shape index (κ1) is 15.2. The summed E-state index contributed by atoms with van der Waals surface area (Å²) in [6, 6.07) is 16.3. The first-order valence-corrected chi connectivity index (χ1v) is 7.57. The molecule has 3 aromatic rings. The standard InChI is InChI=1S/C17H11BrN2O3/c18-13-9-6-12(7-10-13)8-11-15(21)16-17(22)23-19-20(16)14-4-2-1-3-5-14/h1-11H/b11-8+. The van der Waals surface area contributed by atoms with Crippen LogP contribution < -0.4 is 9.79 Å². The zero-order valence-corrected chi connectivity index (χ0v) is 13.4. The van der Waals surface area contributed by atoms with Crippen molar-refractivity contribution in [3.63, 3.8) is 0 Å². The van der Waals surface area contributed by atoms with Crippen molar-refractivity contribution in [1.29, 1.82) is 0 Å². The molecular weight excluding hydrogens is 360 g/mol. The van der Waals surface area contributed by atoms with Crippen molar-refractivity contribution in [2.75, 3.05) is 0 Å². The Hall–Kier alpha value is -2.73. The van der Waals surface area contributed by atoms with Crippen LogP contribution in [-0.2, 0) is 0 Å². The van der Waals surface area contributed by atoms with E-state index in [0.717, 1.165) is 10.0 Å². The second kappa shape index (κ2) is 6.58. The van der Waals surface area contributed by atoms with E-state index >= 15 is 0 Å². The Morgan fingerprint density at radius 2 is 1.83 bits per heavy atom. The summed E-state index contributed by atoms with van der Waals surface area (Å²) in [6.45, 7) is 0. The van der Waals surface area contributed by atoms with Crippen LogP contribution in [0.25, 0.3) is 11.8 Å². The fraction of sp³-hybridized carbons (Fsp3) is 0. The fourth-order valence-electron chi connectivity index (χ4n) is 2.02. The molecule has 0 saturated carbocycles. The number of rotatable bonds is 4. The Bertz CT molecular complexity index is 855.